The van der Waals surface area contributed by atoms with Crippen molar-refractivity contribution >= 4 is 11.9 Å². The van der Waals surface area contributed by atoms with Crippen LogP contribution in [0, 0.1) is 6.92 Å². The summed E-state index contributed by atoms with van der Waals surface area (Å²) in [5, 5.41) is 0. The van der Waals surface area contributed by atoms with Gasteiger partial charge in [0.05, 0.1) is 0 Å². The number of benzene rings is 1. The van der Waals surface area contributed by atoms with Crippen LogP contribution in [0.1, 0.15) is 38.8 Å². The van der Waals surface area contributed by atoms with E-state index in [0.29, 0.717) is 6.73 Å². The smallest absolute Gasteiger partial charge is 0.292 e. The van der Waals surface area contributed by atoms with Crippen molar-refractivity contribution in [2.24, 2.45) is 0 Å². The molecule has 0 unspecified atom stereocenters. The van der Waals surface area contributed by atoms with E-state index in [1.165, 1.54) is 16.8 Å². The van der Waals surface area contributed by atoms with E-state index in [9.17, 15) is 0 Å². The van der Waals surface area contributed by atoms with Crippen LogP contribution in [0.2, 0.25) is 0 Å². The van der Waals surface area contributed by atoms with Crippen molar-refractivity contribution < 1.29 is 9.31 Å². The van der Waals surface area contributed by atoms with Gasteiger partial charge in [0.2, 0.25) is 5.75 Å². The molecule has 0 saturated heterocycles. The Morgan fingerprint density at radius 2 is 2.00 bits per heavy atom. The fraction of sp³-hybridized carbons (Fsp3) is 0.500. The van der Waals surface area contributed by atoms with Crippen molar-refractivity contribution in [2.45, 2.75) is 40.0 Å². The van der Waals surface area contributed by atoms with Gasteiger partial charge in [-0.1, -0.05) is 26.8 Å². The zero-order chi connectivity index (χ0) is 11.9. The van der Waals surface area contributed by atoms with E-state index in [2.05, 4.69) is 50.6 Å². The lowest BCUT2D eigenvalue weighted by molar-refractivity contribution is -0.453. The second kappa shape index (κ2) is 3.62. The van der Waals surface area contributed by atoms with E-state index < -0.39 is 0 Å². The first-order valence-corrected chi connectivity index (χ1v) is 5.77. The van der Waals surface area contributed by atoms with Gasteiger partial charge < -0.3 is 4.74 Å². The molecular weight excluding hydrogens is 198 g/mol. The van der Waals surface area contributed by atoms with Crippen LogP contribution in [0.5, 0.6) is 5.75 Å². The zero-order valence-corrected chi connectivity index (χ0v) is 10.8. The first-order chi connectivity index (χ1) is 7.43. The number of ether oxygens (including phenoxy) is 1. The minimum Gasteiger partial charge on any atom is -0.429 e. The average Bonchev–Trinajstić information content (AvgIpc) is 2.57. The standard InChI is InChI=1S/C14H20NO/c1-6-15-9-16-13-11(14(3,4)5)7-10(2)8-12(13)15/h6-8H,9H2,1-5H3/q+1/b15-6-. The Bertz CT molecular complexity index is 453. The summed E-state index contributed by atoms with van der Waals surface area (Å²) in [6, 6.07) is 4.43. The molecule has 2 nitrogen and oxygen atoms in total. The van der Waals surface area contributed by atoms with Gasteiger partial charge in [-0.25, -0.2) is 0 Å². The lowest BCUT2D eigenvalue weighted by Gasteiger charge is -2.20. The molecule has 0 aromatic heterocycles. The van der Waals surface area contributed by atoms with Crippen LogP contribution in [0.15, 0.2) is 12.1 Å². The molecule has 0 N–H and O–H groups in total. The Hall–Kier alpha value is -1.31. The summed E-state index contributed by atoms with van der Waals surface area (Å²) in [7, 11) is 0. The summed E-state index contributed by atoms with van der Waals surface area (Å²) in [6.45, 7) is 11.5. The fourth-order valence-corrected chi connectivity index (χ4v) is 2.09. The second-order valence-electron chi connectivity index (χ2n) is 5.41. The van der Waals surface area contributed by atoms with Crippen molar-refractivity contribution in [3.8, 4) is 5.75 Å². The number of aryl methyl sites for hydroxylation is 1. The minimum atomic E-state index is 0.125. The first-order valence-electron chi connectivity index (χ1n) is 5.77. The summed E-state index contributed by atoms with van der Waals surface area (Å²) < 4.78 is 7.96. The fourth-order valence-electron chi connectivity index (χ4n) is 2.09. The highest BCUT2D eigenvalue weighted by atomic mass is 16.5. The van der Waals surface area contributed by atoms with Crippen LogP contribution in [-0.2, 0) is 5.41 Å². The lowest BCUT2D eigenvalue weighted by atomic mass is 9.85. The van der Waals surface area contributed by atoms with Gasteiger partial charge in [-0.05, 0) is 17.9 Å². The third kappa shape index (κ3) is 1.73. The van der Waals surface area contributed by atoms with Gasteiger partial charge in [0.25, 0.3) is 12.4 Å². The highest BCUT2D eigenvalue weighted by molar-refractivity contribution is 5.61. The van der Waals surface area contributed by atoms with E-state index in [1.807, 2.05) is 6.92 Å². The molecule has 1 aromatic carbocycles. The molecular formula is C14H20NO+. The molecule has 1 heterocycles. The van der Waals surface area contributed by atoms with E-state index in [1.54, 1.807) is 0 Å². The number of hydrogen-bond acceptors (Lipinski definition) is 1. The third-order valence-corrected chi connectivity index (χ3v) is 2.99. The van der Waals surface area contributed by atoms with E-state index in [-0.39, 0.29) is 5.41 Å². The second-order valence-corrected chi connectivity index (χ2v) is 5.41. The Morgan fingerprint density at radius 3 is 2.56 bits per heavy atom. The molecule has 16 heavy (non-hydrogen) atoms. The van der Waals surface area contributed by atoms with Gasteiger partial charge in [0.1, 0.15) is 6.21 Å². The molecule has 0 bridgehead atoms. The molecule has 2 rings (SSSR count). The average molecular weight is 218 g/mol. The molecule has 0 radical (unpaired) electrons. The first kappa shape index (κ1) is 11.2. The van der Waals surface area contributed by atoms with Crippen molar-refractivity contribution in [1.82, 2.24) is 0 Å². The van der Waals surface area contributed by atoms with Crippen molar-refractivity contribution in [3.05, 3.63) is 23.3 Å². The number of nitrogens with zero attached hydrogens (tertiary/aromatic N) is 1. The molecule has 0 amide bonds. The largest absolute Gasteiger partial charge is 0.429 e. The van der Waals surface area contributed by atoms with Crippen molar-refractivity contribution in [2.75, 3.05) is 6.73 Å². The lowest BCUT2D eigenvalue weighted by Crippen LogP contribution is -2.12. The van der Waals surface area contributed by atoms with E-state index >= 15 is 0 Å². The van der Waals surface area contributed by atoms with E-state index in [4.69, 9.17) is 4.74 Å². The molecule has 0 saturated carbocycles. The van der Waals surface area contributed by atoms with Gasteiger partial charge in [-0.3, -0.25) is 0 Å². The summed E-state index contributed by atoms with van der Waals surface area (Å²) in [5.41, 5.74) is 3.92. The van der Waals surface area contributed by atoms with Gasteiger partial charge in [0.15, 0.2) is 0 Å². The highest BCUT2D eigenvalue weighted by Gasteiger charge is 2.31. The Labute approximate surface area is 97.6 Å². The molecule has 0 aliphatic carbocycles. The minimum absolute atomic E-state index is 0.125. The maximum atomic E-state index is 5.81. The normalized spacial score (nSPS) is 17.4. The molecule has 0 fully saturated rings. The molecule has 1 aliphatic heterocycles. The van der Waals surface area contributed by atoms with Crippen LogP contribution in [0.4, 0.5) is 5.69 Å². The van der Waals surface area contributed by atoms with Crippen LogP contribution in [0.25, 0.3) is 0 Å². The third-order valence-electron chi connectivity index (χ3n) is 2.99. The maximum Gasteiger partial charge on any atom is 0.292 e. The predicted octanol–water partition coefficient (Wildman–Crippen LogP) is 3.38. The predicted molar refractivity (Wildman–Crippen MR) is 67.0 cm³/mol. The van der Waals surface area contributed by atoms with Gasteiger partial charge in [-0.15, -0.1) is 0 Å². The molecule has 1 aliphatic rings. The Morgan fingerprint density at radius 1 is 1.31 bits per heavy atom. The molecule has 2 heteroatoms. The van der Waals surface area contributed by atoms with Gasteiger partial charge in [-0.2, -0.15) is 4.58 Å². The van der Waals surface area contributed by atoms with Crippen molar-refractivity contribution in [1.29, 1.82) is 0 Å². The summed E-state index contributed by atoms with van der Waals surface area (Å²) in [6.07, 6.45) is 2.07. The summed E-state index contributed by atoms with van der Waals surface area (Å²) >= 11 is 0. The quantitative estimate of drug-likeness (QED) is 0.608. The van der Waals surface area contributed by atoms with Crippen LogP contribution in [-0.4, -0.2) is 17.5 Å². The molecule has 0 spiro atoms. The monoisotopic (exact) mass is 218 g/mol. The highest BCUT2D eigenvalue weighted by Crippen LogP contribution is 2.42. The number of fused-ring (bicyclic) bond motifs is 1. The maximum absolute atomic E-state index is 5.81. The Balaban J connectivity index is 2.67. The van der Waals surface area contributed by atoms with Crippen molar-refractivity contribution in [3.63, 3.8) is 0 Å². The van der Waals surface area contributed by atoms with Crippen LogP contribution < -0.4 is 4.74 Å². The Kier molecular flexibility index (Phi) is 2.53. The van der Waals surface area contributed by atoms with E-state index in [0.717, 1.165) is 5.75 Å². The summed E-state index contributed by atoms with van der Waals surface area (Å²) in [5.74, 6) is 1.05. The van der Waals surface area contributed by atoms with Gasteiger partial charge >= 0.3 is 0 Å². The molecule has 1 aromatic rings. The van der Waals surface area contributed by atoms with Gasteiger partial charge in [0, 0.05) is 18.6 Å². The topological polar surface area (TPSA) is 12.2 Å². The number of rotatable bonds is 0. The van der Waals surface area contributed by atoms with Crippen LogP contribution in [0.3, 0.4) is 0 Å². The zero-order valence-electron chi connectivity index (χ0n) is 10.8. The van der Waals surface area contributed by atoms with Crippen LogP contribution >= 0.6 is 0 Å². The SMILES string of the molecule is C/C=[N+]1/COc2c1cc(C)cc2C(C)(C)C. The number of hydrogen-bond donors (Lipinski definition) is 0. The summed E-state index contributed by atoms with van der Waals surface area (Å²) in [4.78, 5) is 0. The molecule has 86 valence electrons. The molecule has 0 atom stereocenters.